The summed E-state index contributed by atoms with van der Waals surface area (Å²) in [5, 5.41) is 34.3. The number of rotatable bonds is 8. The van der Waals surface area contributed by atoms with E-state index in [0.717, 1.165) is 16.5 Å². The summed E-state index contributed by atoms with van der Waals surface area (Å²) in [6.45, 7) is 1.65. The molecule has 0 spiro atoms. The quantitative estimate of drug-likeness (QED) is 0.174. The largest absolute Gasteiger partial charge is 0.396 e. The molecule has 0 saturated carbocycles. The zero-order valence-corrected chi connectivity index (χ0v) is 22.2. The number of nitro benzene ring substituents is 1. The number of hydrogen-bond acceptors (Lipinski definition) is 6. The molecule has 0 bridgehead atoms. The Labute approximate surface area is 235 Å². The van der Waals surface area contributed by atoms with Gasteiger partial charge in [-0.25, -0.2) is 0 Å². The van der Waals surface area contributed by atoms with E-state index >= 15 is 0 Å². The molecule has 0 radical (unpaired) electrons. The molecule has 206 valence electrons. The van der Waals surface area contributed by atoms with E-state index in [4.69, 9.17) is 5.11 Å². The van der Waals surface area contributed by atoms with E-state index in [0.29, 0.717) is 28.9 Å². The van der Waals surface area contributed by atoms with Crippen LogP contribution in [0.5, 0.6) is 0 Å². The van der Waals surface area contributed by atoms with Gasteiger partial charge in [-0.05, 0) is 47.7 Å². The zero-order chi connectivity index (χ0) is 28.9. The molecular formula is C32H27N3O6. The van der Waals surface area contributed by atoms with Crippen LogP contribution in [-0.4, -0.2) is 33.6 Å². The average Bonchev–Trinajstić information content (AvgIpc) is 3.38. The maximum Gasteiger partial charge on any atom is 0.269 e. The van der Waals surface area contributed by atoms with Crippen LogP contribution in [0.15, 0.2) is 91.0 Å². The summed E-state index contributed by atoms with van der Waals surface area (Å²) in [5.41, 5.74) is 1.04. The molecule has 2 aliphatic rings. The highest BCUT2D eigenvalue weighted by molar-refractivity contribution is 6.27. The number of benzene rings is 4. The normalized spacial score (nSPS) is 18.5. The van der Waals surface area contributed by atoms with Crippen molar-refractivity contribution in [1.82, 2.24) is 0 Å². The van der Waals surface area contributed by atoms with Crippen molar-refractivity contribution < 1.29 is 24.7 Å². The van der Waals surface area contributed by atoms with E-state index in [1.54, 1.807) is 24.0 Å². The average molecular weight is 550 g/mol. The van der Waals surface area contributed by atoms with E-state index in [-0.39, 0.29) is 30.3 Å². The Balaban J connectivity index is 1.37. The highest BCUT2D eigenvalue weighted by Gasteiger charge is 2.53. The maximum atomic E-state index is 13.9. The first-order chi connectivity index (χ1) is 19.8. The van der Waals surface area contributed by atoms with Gasteiger partial charge in [0.25, 0.3) is 17.5 Å². The standard InChI is InChI=1S/C32H27N3O6/c1-20(7-2-3-16-36)32(39)26-18-24(35(40)41)14-15-27(26)33(31(32)38)19-21-8-4-11-23(17-21)34-28-13-6-10-22-9-5-12-25(29(22)28)30(34)37/h2,4-15,17-18,20,36,39H,3,16,19H2,1H3/b7-2+/t20-,32+/m1/s1. The SMILES string of the molecule is C[C@H](/C=C/CCO)[C@@]1(O)C(=O)N(Cc2cccc(N3C(=O)c4cccc5cccc3c45)c2)c2ccc([N+](=O)[O-])cc21. The van der Waals surface area contributed by atoms with Crippen LogP contribution in [0, 0.1) is 16.0 Å². The van der Waals surface area contributed by atoms with Crippen LogP contribution in [0.25, 0.3) is 10.8 Å². The number of anilines is 3. The van der Waals surface area contributed by atoms with Crippen molar-refractivity contribution in [3.8, 4) is 0 Å². The Morgan fingerprint density at radius 1 is 1.00 bits per heavy atom. The third-order valence-corrected chi connectivity index (χ3v) is 7.91. The van der Waals surface area contributed by atoms with Gasteiger partial charge in [-0.1, -0.05) is 55.5 Å². The lowest BCUT2D eigenvalue weighted by molar-refractivity contribution is -0.385. The third kappa shape index (κ3) is 4.09. The summed E-state index contributed by atoms with van der Waals surface area (Å²) in [5.74, 6) is -1.46. The summed E-state index contributed by atoms with van der Waals surface area (Å²) < 4.78 is 0. The van der Waals surface area contributed by atoms with Crippen molar-refractivity contribution in [3.05, 3.63) is 118 Å². The second-order valence-corrected chi connectivity index (χ2v) is 10.3. The van der Waals surface area contributed by atoms with Crippen LogP contribution in [0.2, 0.25) is 0 Å². The van der Waals surface area contributed by atoms with Crippen molar-refractivity contribution in [2.75, 3.05) is 16.4 Å². The van der Waals surface area contributed by atoms with Gasteiger partial charge in [0.1, 0.15) is 0 Å². The Morgan fingerprint density at radius 3 is 2.51 bits per heavy atom. The molecule has 0 fully saturated rings. The van der Waals surface area contributed by atoms with Crippen molar-refractivity contribution in [2.45, 2.75) is 25.5 Å². The first-order valence-electron chi connectivity index (χ1n) is 13.3. The molecule has 6 rings (SSSR count). The molecule has 0 saturated heterocycles. The molecule has 2 N–H and O–H groups in total. The Bertz CT molecular complexity index is 1760. The van der Waals surface area contributed by atoms with Crippen LogP contribution in [0.3, 0.4) is 0 Å². The fraction of sp³-hybridized carbons (Fsp3) is 0.188. The molecule has 9 nitrogen and oxygen atoms in total. The van der Waals surface area contributed by atoms with Gasteiger partial charge in [0.15, 0.2) is 5.60 Å². The highest BCUT2D eigenvalue weighted by atomic mass is 16.6. The molecule has 4 aromatic rings. The summed E-state index contributed by atoms with van der Waals surface area (Å²) in [4.78, 5) is 41.4. The Morgan fingerprint density at radius 2 is 1.76 bits per heavy atom. The third-order valence-electron chi connectivity index (χ3n) is 7.91. The van der Waals surface area contributed by atoms with E-state index in [1.807, 2.05) is 60.7 Å². The lowest BCUT2D eigenvalue weighted by Crippen LogP contribution is -2.44. The molecule has 4 aromatic carbocycles. The van der Waals surface area contributed by atoms with Crippen molar-refractivity contribution in [3.63, 3.8) is 0 Å². The van der Waals surface area contributed by atoms with E-state index < -0.39 is 22.3 Å². The number of nitro groups is 1. The topological polar surface area (TPSA) is 124 Å². The van der Waals surface area contributed by atoms with Gasteiger partial charge in [0.05, 0.1) is 28.4 Å². The van der Waals surface area contributed by atoms with Crippen molar-refractivity contribution in [2.24, 2.45) is 5.92 Å². The van der Waals surface area contributed by atoms with Gasteiger partial charge in [-0.15, -0.1) is 0 Å². The van der Waals surface area contributed by atoms with Crippen LogP contribution >= 0.6 is 0 Å². The maximum absolute atomic E-state index is 13.9. The molecule has 2 aliphatic heterocycles. The molecule has 0 aliphatic carbocycles. The highest BCUT2D eigenvalue weighted by Crippen LogP contribution is 2.47. The molecule has 9 heteroatoms. The first-order valence-corrected chi connectivity index (χ1v) is 13.3. The predicted molar refractivity (Wildman–Crippen MR) is 155 cm³/mol. The monoisotopic (exact) mass is 549 g/mol. The van der Waals surface area contributed by atoms with Gasteiger partial charge in [-0.2, -0.15) is 0 Å². The number of carbonyl (C=O) groups excluding carboxylic acids is 2. The van der Waals surface area contributed by atoms with E-state index in [1.165, 1.54) is 23.1 Å². The predicted octanol–water partition coefficient (Wildman–Crippen LogP) is 5.35. The number of aliphatic hydroxyl groups excluding tert-OH is 1. The molecule has 2 amide bonds. The van der Waals surface area contributed by atoms with Crippen LogP contribution in [0.1, 0.15) is 34.8 Å². The fourth-order valence-corrected chi connectivity index (χ4v) is 5.87. The second kappa shape index (κ2) is 9.96. The minimum absolute atomic E-state index is 0.0754. The number of hydrogen-bond donors (Lipinski definition) is 2. The lowest BCUT2D eigenvalue weighted by Gasteiger charge is -2.27. The Hall–Kier alpha value is -4.86. The molecule has 2 atom stereocenters. The number of aliphatic hydroxyl groups is 2. The number of fused-ring (bicyclic) bond motifs is 1. The van der Waals surface area contributed by atoms with Gasteiger partial charge in [0, 0.05) is 41.3 Å². The van der Waals surface area contributed by atoms with Gasteiger partial charge in [-0.3, -0.25) is 24.6 Å². The molecule has 2 heterocycles. The molecular weight excluding hydrogens is 522 g/mol. The van der Waals surface area contributed by atoms with Crippen LogP contribution in [0.4, 0.5) is 22.7 Å². The summed E-state index contributed by atoms with van der Waals surface area (Å²) in [6.07, 6.45) is 3.66. The van der Waals surface area contributed by atoms with Crippen molar-refractivity contribution >= 4 is 45.3 Å². The van der Waals surface area contributed by atoms with Crippen LogP contribution in [-0.2, 0) is 16.9 Å². The van der Waals surface area contributed by atoms with Gasteiger partial charge < -0.3 is 15.1 Å². The summed E-state index contributed by atoms with van der Waals surface area (Å²) >= 11 is 0. The number of amides is 2. The van der Waals surface area contributed by atoms with E-state index in [9.17, 15) is 24.8 Å². The first kappa shape index (κ1) is 26.4. The van der Waals surface area contributed by atoms with Crippen molar-refractivity contribution in [1.29, 1.82) is 0 Å². The molecule has 41 heavy (non-hydrogen) atoms. The van der Waals surface area contributed by atoms with Gasteiger partial charge in [0.2, 0.25) is 0 Å². The molecule has 0 aromatic heterocycles. The lowest BCUT2D eigenvalue weighted by atomic mass is 9.82. The second-order valence-electron chi connectivity index (χ2n) is 10.3. The Kier molecular flexibility index (Phi) is 6.40. The number of nitrogens with zero attached hydrogens (tertiary/aromatic N) is 3. The van der Waals surface area contributed by atoms with Crippen LogP contribution < -0.4 is 9.80 Å². The fourth-order valence-electron chi connectivity index (χ4n) is 5.87. The zero-order valence-electron chi connectivity index (χ0n) is 22.2. The minimum atomic E-state index is -2.03. The smallest absolute Gasteiger partial charge is 0.269 e. The number of non-ortho nitro benzene ring substituents is 1. The van der Waals surface area contributed by atoms with E-state index in [2.05, 4.69) is 0 Å². The summed E-state index contributed by atoms with van der Waals surface area (Å²) in [7, 11) is 0. The van der Waals surface area contributed by atoms with Gasteiger partial charge >= 0.3 is 0 Å². The molecule has 0 unspecified atom stereocenters. The number of carbonyl (C=O) groups is 2. The summed E-state index contributed by atoms with van der Waals surface area (Å²) in [6, 6.07) is 22.8. The minimum Gasteiger partial charge on any atom is -0.396 e.